The molecule has 0 aromatic carbocycles. The molecule has 2 rings (SSSR count). The highest BCUT2D eigenvalue weighted by atomic mass is 19.4. The summed E-state index contributed by atoms with van der Waals surface area (Å²) in [5.41, 5.74) is 0. The Morgan fingerprint density at radius 2 is 1.65 bits per heavy atom. The SMILES string of the molecule is CC1(C(F)(F)F)OC=C(F)O1.CF.FC(F)=C1OCC(F)(F)O1. The third-order valence-corrected chi connectivity index (χ3v) is 1.95. The van der Waals surface area contributed by atoms with Gasteiger partial charge < -0.3 is 18.9 Å². The van der Waals surface area contributed by atoms with Crippen LogP contribution in [0.5, 0.6) is 0 Å². The molecule has 0 aromatic rings. The molecule has 13 heteroatoms. The van der Waals surface area contributed by atoms with Gasteiger partial charge in [0, 0.05) is 6.92 Å². The molecule has 2 aliphatic rings. The Morgan fingerprint density at radius 1 is 1.13 bits per heavy atom. The standard InChI is InChI=1S/C5H4F4O2.C4H2F4O2.CH3F/c1-4(5(7,8)9)10-2-3(6)11-4;5-2(6)3-9-1-4(7,8)10-3;1-2/h2H,1H3;1H2;1H3. The number of rotatable bonds is 0. The van der Waals surface area contributed by atoms with Gasteiger partial charge in [-0.3, -0.25) is 4.39 Å². The maximum absolute atomic E-state index is 12.0. The van der Waals surface area contributed by atoms with Crippen molar-refractivity contribution in [1.29, 1.82) is 0 Å². The average Bonchev–Trinajstić information content (AvgIpc) is 2.95. The largest absolute Gasteiger partial charge is 0.467 e. The van der Waals surface area contributed by atoms with Crippen LogP contribution in [0.15, 0.2) is 24.3 Å². The third kappa shape index (κ3) is 5.98. The lowest BCUT2D eigenvalue weighted by Gasteiger charge is -2.24. The highest BCUT2D eigenvalue weighted by Gasteiger charge is 2.59. The summed E-state index contributed by atoms with van der Waals surface area (Å²) in [6, 6.07) is -1.37. The summed E-state index contributed by atoms with van der Waals surface area (Å²) in [6.45, 7) is -0.560. The van der Waals surface area contributed by atoms with E-state index in [1.165, 1.54) is 0 Å². The molecule has 0 aromatic heterocycles. The van der Waals surface area contributed by atoms with E-state index in [-0.39, 0.29) is 6.26 Å². The van der Waals surface area contributed by atoms with E-state index in [9.17, 15) is 39.5 Å². The summed E-state index contributed by atoms with van der Waals surface area (Å²) in [7, 11) is 0.500. The van der Waals surface area contributed by atoms with Crippen molar-refractivity contribution >= 4 is 0 Å². The number of hydrogen-bond acceptors (Lipinski definition) is 4. The lowest BCUT2D eigenvalue weighted by molar-refractivity contribution is -0.333. The first-order valence-electron chi connectivity index (χ1n) is 5.28. The fourth-order valence-corrected chi connectivity index (χ4v) is 0.955. The van der Waals surface area contributed by atoms with Crippen molar-refractivity contribution < 1.29 is 58.5 Å². The predicted octanol–water partition coefficient (Wildman–Crippen LogP) is 4.36. The van der Waals surface area contributed by atoms with Crippen LogP contribution < -0.4 is 0 Å². The number of hydrogen-bond donors (Lipinski definition) is 0. The molecular weight excluding hydrogens is 355 g/mol. The minimum atomic E-state index is -4.74. The van der Waals surface area contributed by atoms with Crippen molar-refractivity contribution in [2.45, 2.75) is 25.0 Å². The van der Waals surface area contributed by atoms with Crippen molar-refractivity contribution in [3.63, 3.8) is 0 Å². The van der Waals surface area contributed by atoms with Crippen molar-refractivity contribution in [3.05, 3.63) is 24.3 Å². The average molecular weight is 364 g/mol. The zero-order chi connectivity index (χ0) is 18.5. The van der Waals surface area contributed by atoms with E-state index in [1.54, 1.807) is 0 Å². The Bertz CT molecular complexity index is 456. The van der Waals surface area contributed by atoms with Crippen LogP contribution in [0.4, 0.5) is 39.5 Å². The van der Waals surface area contributed by atoms with Crippen LogP contribution in [0.2, 0.25) is 0 Å². The van der Waals surface area contributed by atoms with Crippen LogP contribution in [-0.2, 0) is 18.9 Å². The van der Waals surface area contributed by atoms with E-state index >= 15 is 0 Å². The first-order chi connectivity index (χ1) is 10.4. The molecule has 1 fully saturated rings. The van der Waals surface area contributed by atoms with Gasteiger partial charge in [-0.1, -0.05) is 0 Å². The molecule has 2 heterocycles. The molecule has 0 radical (unpaired) electrons. The van der Waals surface area contributed by atoms with Gasteiger partial charge in [-0.05, 0) is 0 Å². The Balaban J connectivity index is 0.000000381. The van der Waals surface area contributed by atoms with Gasteiger partial charge in [-0.25, -0.2) is 0 Å². The molecule has 0 saturated carbocycles. The van der Waals surface area contributed by atoms with E-state index in [2.05, 4.69) is 18.9 Å². The molecule has 1 saturated heterocycles. The van der Waals surface area contributed by atoms with Crippen molar-refractivity contribution in [3.8, 4) is 0 Å². The quantitative estimate of drug-likeness (QED) is 0.599. The minimum absolute atomic E-state index is 0.285. The first-order valence-corrected chi connectivity index (χ1v) is 5.28. The maximum Gasteiger partial charge on any atom is 0.467 e. The van der Waals surface area contributed by atoms with Gasteiger partial charge in [-0.15, -0.1) is 0 Å². The summed E-state index contributed by atoms with van der Waals surface area (Å²) in [5, 5.41) is 0. The molecule has 0 spiro atoms. The zero-order valence-electron chi connectivity index (χ0n) is 11.3. The highest BCUT2D eigenvalue weighted by molar-refractivity contribution is 4.91. The van der Waals surface area contributed by atoms with Crippen molar-refractivity contribution in [2.24, 2.45) is 0 Å². The fourth-order valence-electron chi connectivity index (χ4n) is 0.955. The first kappa shape index (κ1) is 21.0. The summed E-state index contributed by atoms with van der Waals surface area (Å²) in [6.07, 6.45) is -10.4. The molecule has 136 valence electrons. The lowest BCUT2D eigenvalue weighted by atomic mass is 10.3. The van der Waals surface area contributed by atoms with Gasteiger partial charge in [0.2, 0.25) is 0 Å². The smallest absolute Gasteiger partial charge is 0.451 e. The summed E-state index contributed by atoms with van der Waals surface area (Å²) < 4.78 is 118. The van der Waals surface area contributed by atoms with Crippen molar-refractivity contribution in [2.75, 3.05) is 13.8 Å². The Morgan fingerprint density at radius 3 is 1.83 bits per heavy atom. The van der Waals surface area contributed by atoms with Crippen molar-refractivity contribution in [1.82, 2.24) is 0 Å². The van der Waals surface area contributed by atoms with Gasteiger partial charge in [0.15, 0.2) is 12.9 Å². The molecule has 0 N–H and O–H groups in total. The van der Waals surface area contributed by atoms with Gasteiger partial charge in [0.05, 0.1) is 7.18 Å². The summed E-state index contributed by atoms with van der Waals surface area (Å²) in [4.78, 5) is 0. The fraction of sp³-hybridized carbons (Fsp3) is 0.600. The molecular formula is C10H9F9O4. The minimum Gasteiger partial charge on any atom is -0.451 e. The van der Waals surface area contributed by atoms with Gasteiger partial charge in [0.1, 0.15) is 0 Å². The van der Waals surface area contributed by atoms with Crippen LogP contribution in [0.25, 0.3) is 0 Å². The molecule has 1 unspecified atom stereocenters. The molecule has 0 bridgehead atoms. The lowest BCUT2D eigenvalue weighted by Crippen LogP contribution is -2.43. The maximum atomic E-state index is 12.0. The van der Waals surface area contributed by atoms with Gasteiger partial charge in [0.25, 0.3) is 0 Å². The van der Waals surface area contributed by atoms with Crippen LogP contribution in [0.3, 0.4) is 0 Å². The molecule has 0 amide bonds. The Labute approximate surface area is 123 Å². The zero-order valence-corrected chi connectivity index (χ0v) is 11.3. The molecule has 4 nitrogen and oxygen atoms in total. The second-order valence-corrected chi connectivity index (χ2v) is 3.66. The predicted molar refractivity (Wildman–Crippen MR) is 54.1 cm³/mol. The van der Waals surface area contributed by atoms with E-state index in [0.29, 0.717) is 14.1 Å². The van der Waals surface area contributed by atoms with Crippen LogP contribution in [-0.4, -0.2) is 31.9 Å². The summed E-state index contributed by atoms with van der Waals surface area (Å²) >= 11 is 0. The van der Waals surface area contributed by atoms with Gasteiger partial charge >= 0.3 is 36.1 Å². The number of alkyl halides is 6. The Kier molecular flexibility index (Phi) is 6.91. The number of ether oxygens (including phenoxy) is 4. The van der Waals surface area contributed by atoms with E-state index in [4.69, 9.17) is 0 Å². The third-order valence-electron chi connectivity index (χ3n) is 1.95. The van der Waals surface area contributed by atoms with Gasteiger partial charge in [-0.2, -0.15) is 35.1 Å². The second kappa shape index (κ2) is 7.55. The monoisotopic (exact) mass is 364 g/mol. The van der Waals surface area contributed by atoms with Crippen LogP contribution in [0, 0.1) is 0 Å². The number of halogens is 9. The molecule has 2 aliphatic heterocycles. The molecule has 1 atom stereocenters. The van der Waals surface area contributed by atoms with E-state index in [1.807, 2.05) is 0 Å². The summed E-state index contributed by atoms with van der Waals surface area (Å²) in [5.74, 6) is -4.25. The molecule has 0 aliphatic carbocycles. The second-order valence-electron chi connectivity index (χ2n) is 3.66. The highest BCUT2D eigenvalue weighted by Crippen LogP contribution is 2.39. The topological polar surface area (TPSA) is 36.9 Å². The van der Waals surface area contributed by atoms with E-state index in [0.717, 1.165) is 0 Å². The van der Waals surface area contributed by atoms with E-state index < -0.39 is 42.7 Å². The molecule has 23 heavy (non-hydrogen) atoms. The Hall–Kier alpha value is -1.95. The normalized spacial score (nSPS) is 24.5. The van der Waals surface area contributed by atoms with Crippen LogP contribution in [0.1, 0.15) is 6.92 Å². The van der Waals surface area contributed by atoms with Crippen LogP contribution >= 0.6 is 0 Å².